The maximum atomic E-state index is 11.3. The lowest BCUT2D eigenvalue weighted by molar-refractivity contribution is -0.0261. The number of phenolic OH excluding ortho intramolecular Hbond substituents is 1. The van der Waals surface area contributed by atoms with Gasteiger partial charge in [-0.05, 0) is 18.2 Å². The summed E-state index contributed by atoms with van der Waals surface area (Å²) in [5.41, 5.74) is 0.710. The summed E-state index contributed by atoms with van der Waals surface area (Å²) < 4.78 is 14.7. The van der Waals surface area contributed by atoms with Gasteiger partial charge in [0.15, 0.2) is 0 Å². The number of benzene rings is 1. The van der Waals surface area contributed by atoms with Gasteiger partial charge in [0.25, 0.3) is 6.29 Å². The smallest absolute Gasteiger partial charge is 0.337 e. The predicted molar refractivity (Wildman–Crippen MR) is 53.5 cm³/mol. The van der Waals surface area contributed by atoms with E-state index in [0.717, 1.165) is 0 Å². The van der Waals surface area contributed by atoms with Crippen molar-refractivity contribution in [2.24, 2.45) is 0 Å². The minimum Gasteiger partial charge on any atom is -0.507 e. The Bertz CT molecular complexity index is 430. The monoisotopic (exact) mass is 222 g/mol. The number of ether oxygens (including phenoxy) is 3. The maximum Gasteiger partial charge on any atom is 0.337 e. The second-order valence-corrected chi connectivity index (χ2v) is 3.14. The van der Waals surface area contributed by atoms with Gasteiger partial charge in [0.2, 0.25) is 0 Å². The second kappa shape index (κ2) is 4.14. The molecular weight excluding hydrogens is 212 g/mol. The van der Waals surface area contributed by atoms with Crippen LogP contribution in [0.1, 0.15) is 22.2 Å². The fraction of sp³-hybridized carbons (Fsp3) is 0.182. The summed E-state index contributed by atoms with van der Waals surface area (Å²) in [6.07, 6.45) is 2.02. The van der Waals surface area contributed by atoms with Crippen LogP contribution in [0, 0.1) is 0 Å². The lowest BCUT2D eigenvalue weighted by Crippen LogP contribution is -2.04. The van der Waals surface area contributed by atoms with Crippen molar-refractivity contribution in [2.75, 3.05) is 7.11 Å². The number of rotatable bonds is 2. The molecule has 0 saturated carbocycles. The molecule has 0 saturated heterocycles. The van der Waals surface area contributed by atoms with Gasteiger partial charge in [0, 0.05) is 0 Å². The van der Waals surface area contributed by atoms with Crippen LogP contribution in [0.4, 0.5) is 0 Å². The zero-order valence-electron chi connectivity index (χ0n) is 8.54. The number of aromatic hydroxyl groups is 1. The lowest BCUT2D eigenvalue weighted by Gasteiger charge is -2.12. The molecule has 0 unspecified atom stereocenters. The van der Waals surface area contributed by atoms with Gasteiger partial charge in [-0.3, -0.25) is 0 Å². The summed E-state index contributed by atoms with van der Waals surface area (Å²) in [6, 6.07) is 4.33. The number of carbonyl (C=O) groups is 1. The topological polar surface area (TPSA) is 65.0 Å². The van der Waals surface area contributed by atoms with Crippen LogP contribution in [0.15, 0.2) is 30.7 Å². The molecule has 84 valence electrons. The van der Waals surface area contributed by atoms with Crippen LogP contribution >= 0.6 is 0 Å². The van der Waals surface area contributed by atoms with Gasteiger partial charge in [0.05, 0.1) is 18.2 Å². The first-order chi connectivity index (χ1) is 7.72. The van der Waals surface area contributed by atoms with E-state index in [1.54, 1.807) is 0 Å². The van der Waals surface area contributed by atoms with Crippen LogP contribution in [-0.4, -0.2) is 18.2 Å². The van der Waals surface area contributed by atoms with Crippen LogP contribution in [0.25, 0.3) is 0 Å². The second-order valence-electron chi connectivity index (χ2n) is 3.14. The van der Waals surface area contributed by atoms with Crippen molar-refractivity contribution in [3.05, 3.63) is 41.9 Å². The Kier molecular flexibility index (Phi) is 2.68. The van der Waals surface area contributed by atoms with Crippen molar-refractivity contribution in [3.63, 3.8) is 0 Å². The van der Waals surface area contributed by atoms with Crippen LogP contribution < -0.4 is 0 Å². The standard InChI is InChI=1S/C11H10O5/c1-14-10(13)7-2-3-9(12)8(6-7)11-15-4-5-16-11/h2-6,11-12H,1H3. The van der Waals surface area contributed by atoms with E-state index >= 15 is 0 Å². The average molecular weight is 222 g/mol. The summed E-state index contributed by atoms with van der Waals surface area (Å²) in [6.45, 7) is 0. The molecule has 5 heteroatoms. The van der Waals surface area contributed by atoms with Gasteiger partial charge in [-0.15, -0.1) is 0 Å². The molecule has 2 rings (SSSR count). The number of carbonyl (C=O) groups excluding carboxylic acids is 1. The molecule has 1 aliphatic heterocycles. The van der Waals surface area contributed by atoms with E-state index in [-0.39, 0.29) is 5.75 Å². The summed E-state index contributed by atoms with van der Waals surface area (Å²) >= 11 is 0. The van der Waals surface area contributed by atoms with Gasteiger partial charge in [-0.1, -0.05) is 0 Å². The fourth-order valence-corrected chi connectivity index (χ4v) is 1.37. The number of phenols is 1. The third-order valence-electron chi connectivity index (χ3n) is 2.16. The number of hydrogen-bond donors (Lipinski definition) is 1. The Balaban J connectivity index is 2.32. The van der Waals surface area contributed by atoms with E-state index in [1.165, 1.54) is 37.8 Å². The van der Waals surface area contributed by atoms with Gasteiger partial charge in [-0.25, -0.2) is 4.79 Å². The van der Waals surface area contributed by atoms with E-state index in [9.17, 15) is 9.90 Å². The van der Waals surface area contributed by atoms with Gasteiger partial charge < -0.3 is 19.3 Å². The fourth-order valence-electron chi connectivity index (χ4n) is 1.37. The van der Waals surface area contributed by atoms with E-state index in [0.29, 0.717) is 11.1 Å². The third-order valence-corrected chi connectivity index (χ3v) is 2.16. The number of hydrogen-bond acceptors (Lipinski definition) is 5. The van der Waals surface area contributed by atoms with E-state index in [4.69, 9.17) is 9.47 Å². The Morgan fingerprint density at radius 2 is 2.06 bits per heavy atom. The molecule has 0 amide bonds. The highest BCUT2D eigenvalue weighted by atomic mass is 16.7. The van der Waals surface area contributed by atoms with Crippen LogP contribution in [0.5, 0.6) is 5.75 Å². The Labute approximate surface area is 91.9 Å². The molecule has 0 atom stereocenters. The molecule has 0 aliphatic carbocycles. The number of methoxy groups -OCH3 is 1. The Hall–Kier alpha value is -2.17. The van der Waals surface area contributed by atoms with Crippen molar-refractivity contribution in [3.8, 4) is 5.75 Å². The van der Waals surface area contributed by atoms with E-state index in [1.807, 2.05) is 0 Å². The zero-order valence-corrected chi connectivity index (χ0v) is 8.54. The Morgan fingerprint density at radius 3 is 2.69 bits per heavy atom. The van der Waals surface area contributed by atoms with Crippen LogP contribution in [0.3, 0.4) is 0 Å². The third kappa shape index (κ3) is 1.79. The Morgan fingerprint density at radius 1 is 1.38 bits per heavy atom. The van der Waals surface area contributed by atoms with Crippen LogP contribution in [-0.2, 0) is 14.2 Å². The predicted octanol–water partition coefficient (Wildman–Crippen LogP) is 1.70. The van der Waals surface area contributed by atoms with Crippen molar-refractivity contribution < 1.29 is 24.1 Å². The first-order valence-electron chi connectivity index (χ1n) is 4.59. The first kappa shape index (κ1) is 10.4. The molecule has 0 aromatic heterocycles. The maximum absolute atomic E-state index is 11.3. The van der Waals surface area contributed by atoms with Crippen LogP contribution in [0.2, 0.25) is 0 Å². The molecule has 0 radical (unpaired) electrons. The summed E-state index contributed by atoms with van der Waals surface area (Å²) in [7, 11) is 1.29. The highest BCUT2D eigenvalue weighted by molar-refractivity contribution is 5.89. The van der Waals surface area contributed by atoms with Crippen molar-refractivity contribution in [2.45, 2.75) is 6.29 Å². The molecule has 16 heavy (non-hydrogen) atoms. The number of esters is 1. The van der Waals surface area contributed by atoms with Gasteiger partial charge in [-0.2, -0.15) is 0 Å². The van der Waals surface area contributed by atoms with Gasteiger partial charge >= 0.3 is 5.97 Å². The molecule has 1 heterocycles. The molecule has 0 spiro atoms. The van der Waals surface area contributed by atoms with E-state index in [2.05, 4.69) is 4.74 Å². The zero-order chi connectivity index (χ0) is 11.5. The lowest BCUT2D eigenvalue weighted by atomic mass is 10.1. The SMILES string of the molecule is COC(=O)c1ccc(O)c(C2OC=CO2)c1. The average Bonchev–Trinajstić information content (AvgIpc) is 2.82. The minimum atomic E-state index is -0.718. The first-order valence-corrected chi connectivity index (χ1v) is 4.59. The molecule has 1 aromatic carbocycles. The quantitative estimate of drug-likeness (QED) is 0.771. The highest BCUT2D eigenvalue weighted by Crippen LogP contribution is 2.31. The summed E-state index contributed by atoms with van der Waals surface area (Å²) in [4.78, 5) is 11.3. The van der Waals surface area contributed by atoms with Crippen molar-refractivity contribution in [1.29, 1.82) is 0 Å². The molecule has 1 aliphatic rings. The summed E-state index contributed by atoms with van der Waals surface area (Å²) in [5.74, 6) is -0.478. The largest absolute Gasteiger partial charge is 0.507 e. The molecular formula is C11H10O5. The molecule has 5 nitrogen and oxygen atoms in total. The van der Waals surface area contributed by atoms with Crippen molar-refractivity contribution in [1.82, 2.24) is 0 Å². The normalized spacial score (nSPS) is 14.3. The minimum absolute atomic E-state index is 0.00125. The highest BCUT2D eigenvalue weighted by Gasteiger charge is 2.21. The molecule has 1 N–H and O–H groups in total. The molecule has 1 aromatic rings. The van der Waals surface area contributed by atoms with E-state index < -0.39 is 12.3 Å². The summed E-state index contributed by atoms with van der Waals surface area (Å²) in [5, 5.41) is 9.61. The molecule has 0 bridgehead atoms. The van der Waals surface area contributed by atoms with Gasteiger partial charge in [0.1, 0.15) is 18.3 Å². The van der Waals surface area contributed by atoms with Crippen molar-refractivity contribution >= 4 is 5.97 Å². The molecule has 0 fully saturated rings.